The maximum atomic E-state index is 11.8. The van der Waals surface area contributed by atoms with Crippen LogP contribution in [0.15, 0.2) is 42.1 Å². The molecule has 0 fully saturated rings. The van der Waals surface area contributed by atoms with Crippen molar-refractivity contribution in [2.75, 3.05) is 0 Å². The van der Waals surface area contributed by atoms with Crippen LogP contribution in [0.25, 0.3) is 0 Å². The Hall–Kier alpha value is -1.94. The number of phenols is 1. The Kier molecular flexibility index (Phi) is 4.47. The van der Waals surface area contributed by atoms with E-state index in [1.165, 1.54) is 17.7 Å². The molecule has 0 atom stereocenters. The first kappa shape index (κ1) is 13.5. The molecule has 0 radical (unpaired) electrons. The summed E-state index contributed by atoms with van der Waals surface area (Å²) in [6.07, 6.45) is 8.94. The number of aromatic hydroxyl groups is 1. The van der Waals surface area contributed by atoms with E-state index in [1.807, 2.05) is 0 Å². The number of benzene rings is 1. The number of allylic oxidation sites excluding steroid dienone is 3. The number of rotatable bonds is 3. The third-order valence-corrected chi connectivity index (χ3v) is 3.08. The third kappa shape index (κ3) is 3.76. The second-order valence-corrected chi connectivity index (χ2v) is 4.71. The lowest BCUT2D eigenvalue weighted by Crippen LogP contribution is -2.33. The van der Waals surface area contributed by atoms with Crippen LogP contribution in [0.4, 0.5) is 0 Å². The monoisotopic (exact) mass is 278 g/mol. The highest BCUT2D eigenvalue weighted by Gasteiger charge is 2.10. The summed E-state index contributed by atoms with van der Waals surface area (Å²) in [5.74, 6) is -0.544. The van der Waals surface area contributed by atoms with Gasteiger partial charge in [0.15, 0.2) is 0 Å². The Morgan fingerprint density at radius 3 is 2.89 bits per heavy atom. The molecule has 0 heterocycles. The summed E-state index contributed by atoms with van der Waals surface area (Å²) in [6.45, 7) is 0. The lowest BCUT2D eigenvalue weighted by molar-refractivity contribution is 0.0938. The van der Waals surface area contributed by atoms with Gasteiger partial charge in [0.2, 0.25) is 0 Å². The summed E-state index contributed by atoms with van der Waals surface area (Å²) in [6, 6.07) is 4.37. The van der Waals surface area contributed by atoms with Crippen LogP contribution in [0.1, 0.15) is 29.6 Å². The van der Waals surface area contributed by atoms with E-state index in [2.05, 4.69) is 23.0 Å². The lowest BCUT2D eigenvalue weighted by atomic mass is 10.0. The molecule has 3 N–H and O–H groups in total. The van der Waals surface area contributed by atoms with Gasteiger partial charge < -0.3 is 10.5 Å². The fraction of sp³-hybridized carbons (Fsp3) is 0.214. The van der Waals surface area contributed by atoms with Crippen molar-refractivity contribution in [1.29, 1.82) is 0 Å². The Balaban J connectivity index is 1.92. The highest BCUT2D eigenvalue weighted by Crippen LogP contribution is 2.21. The SMILES string of the molecule is O=C(NN/C=C1\CC=CCC1)c1ccc(Cl)cc1O. The van der Waals surface area contributed by atoms with Gasteiger partial charge in [0.25, 0.3) is 5.91 Å². The van der Waals surface area contributed by atoms with Gasteiger partial charge in [-0.05, 0) is 43.0 Å². The molecule has 0 bridgehead atoms. The highest BCUT2D eigenvalue weighted by molar-refractivity contribution is 6.30. The maximum absolute atomic E-state index is 11.8. The molecule has 1 aliphatic carbocycles. The minimum absolute atomic E-state index is 0.139. The molecular formula is C14H15ClN2O2. The zero-order chi connectivity index (χ0) is 13.7. The van der Waals surface area contributed by atoms with E-state index in [-0.39, 0.29) is 11.3 Å². The van der Waals surface area contributed by atoms with Crippen LogP contribution in [0, 0.1) is 0 Å². The summed E-state index contributed by atoms with van der Waals surface area (Å²) in [4.78, 5) is 11.8. The van der Waals surface area contributed by atoms with Gasteiger partial charge in [-0.3, -0.25) is 10.2 Å². The first-order valence-corrected chi connectivity index (χ1v) is 6.42. The molecule has 5 heteroatoms. The van der Waals surface area contributed by atoms with E-state index in [9.17, 15) is 9.90 Å². The second-order valence-electron chi connectivity index (χ2n) is 4.28. The van der Waals surface area contributed by atoms with Crippen LogP contribution >= 0.6 is 11.6 Å². The van der Waals surface area contributed by atoms with Crippen molar-refractivity contribution < 1.29 is 9.90 Å². The summed E-state index contributed by atoms with van der Waals surface area (Å²) in [7, 11) is 0. The van der Waals surface area contributed by atoms with Gasteiger partial charge in [0.05, 0.1) is 5.56 Å². The molecule has 1 amide bonds. The van der Waals surface area contributed by atoms with Crippen LogP contribution < -0.4 is 10.9 Å². The van der Waals surface area contributed by atoms with E-state index >= 15 is 0 Å². The molecule has 19 heavy (non-hydrogen) atoms. The first-order chi connectivity index (χ1) is 9.16. The van der Waals surface area contributed by atoms with Crippen molar-refractivity contribution in [1.82, 2.24) is 10.9 Å². The minimum atomic E-state index is -0.405. The number of hydrogen-bond donors (Lipinski definition) is 3. The number of nitrogens with one attached hydrogen (secondary N) is 2. The molecule has 0 unspecified atom stereocenters. The molecule has 0 aromatic heterocycles. The van der Waals surface area contributed by atoms with Gasteiger partial charge in [0, 0.05) is 11.2 Å². The van der Waals surface area contributed by atoms with E-state index in [4.69, 9.17) is 11.6 Å². The number of amides is 1. The number of hydrazine groups is 1. The van der Waals surface area contributed by atoms with Crippen LogP contribution in [0.3, 0.4) is 0 Å². The van der Waals surface area contributed by atoms with Crippen LogP contribution in [0.2, 0.25) is 5.02 Å². The standard InChI is InChI=1S/C14H15ClN2O2/c15-11-6-7-12(13(18)8-11)14(19)17-16-9-10-4-2-1-3-5-10/h1-2,6-9,16,18H,3-5H2,(H,17,19)/b10-9+. The van der Waals surface area contributed by atoms with Crippen molar-refractivity contribution in [2.24, 2.45) is 0 Å². The Morgan fingerprint density at radius 1 is 1.37 bits per heavy atom. The summed E-state index contributed by atoms with van der Waals surface area (Å²) < 4.78 is 0. The molecule has 0 saturated heterocycles. The van der Waals surface area contributed by atoms with Crippen molar-refractivity contribution in [3.05, 3.63) is 52.7 Å². The summed E-state index contributed by atoms with van der Waals surface area (Å²) >= 11 is 5.70. The van der Waals surface area contributed by atoms with E-state index < -0.39 is 5.91 Å². The van der Waals surface area contributed by atoms with Gasteiger partial charge in [-0.2, -0.15) is 0 Å². The molecule has 4 nitrogen and oxygen atoms in total. The number of phenolic OH excluding ortho intramolecular Hbond substituents is 1. The largest absolute Gasteiger partial charge is 0.507 e. The third-order valence-electron chi connectivity index (χ3n) is 2.85. The van der Waals surface area contributed by atoms with E-state index in [1.54, 1.807) is 12.3 Å². The molecule has 100 valence electrons. The highest BCUT2D eigenvalue weighted by atomic mass is 35.5. The van der Waals surface area contributed by atoms with E-state index in [0.717, 1.165) is 19.3 Å². The summed E-state index contributed by atoms with van der Waals surface area (Å²) in [5, 5.41) is 10.00. The van der Waals surface area contributed by atoms with Crippen LogP contribution in [0.5, 0.6) is 5.75 Å². The zero-order valence-electron chi connectivity index (χ0n) is 10.3. The molecule has 1 aromatic carbocycles. The van der Waals surface area contributed by atoms with Gasteiger partial charge >= 0.3 is 0 Å². The molecule has 1 aliphatic rings. The normalized spacial score (nSPS) is 16.4. The molecular weight excluding hydrogens is 264 g/mol. The van der Waals surface area contributed by atoms with Gasteiger partial charge in [-0.25, -0.2) is 0 Å². The van der Waals surface area contributed by atoms with Crippen molar-refractivity contribution in [3.63, 3.8) is 0 Å². The molecule has 0 aliphatic heterocycles. The van der Waals surface area contributed by atoms with Crippen molar-refractivity contribution >= 4 is 17.5 Å². The molecule has 2 rings (SSSR count). The van der Waals surface area contributed by atoms with Gasteiger partial charge in [-0.1, -0.05) is 23.8 Å². The average Bonchev–Trinajstić information content (AvgIpc) is 2.39. The van der Waals surface area contributed by atoms with Crippen LogP contribution in [-0.4, -0.2) is 11.0 Å². The number of halogens is 1. The Labute approximate surface area is 116 Å². The fourth-order valence-electron chi connectivity index (χ4n) is 1.82. The smallest absolute Gasteiger partial charge is 0.273 e. The second kappa shape index (κ2) is 6.29. The van der Waals surface area contributed by atoms with E-state index in [0.29, 0.717) is 5.02 Å². The van der Waals surface area contributed by atoms with Crippen molar-refractivity contribution in [3.8, 4) is 5.75 Å². The number of carbonyl (C=O) groups is 1. The fourth-order valence-corrected chi connectivity index (χ4v) is 1.99. The topological polar surface area (TPSA) is 61.4 Å². The zero-order valence-corrected chi connectivity index (χ0v) is 11.1. The van der Waals surface area contributed by atoms with Crippen molar-refractivity contribution in [2.45, 2.75) is 19.3 Å². The average molecular weight is 279 g/mol. The lowest BCUT2D eigenvalue weighted by Gasteiger charge is -2.10. The molecule has 0 saturated carbocycles. The van der Waals surface area contributed by atoms with Crippen LogP contribution in [-0.2, 0) is 0 Å². The quantitative estimate of drug-likeness (QED) is 0.588. The minimum Gasteiger partial charge on any atom is -0.507 e. The van der Waals surface area contributed by atoms with Gasteiger partial charge in [-0.15, -0.1) is 0 Å². The maximum Gasteiger partial charge on any atom is 0.273 e. The predicted molar refractivity (Wildman–Crippen MR) is 74.8 cm³/mol. The summed E-state index contributed by atoms with van der Waals surface area (Å²) in [5.41, 5.74) is 6.67. The Morgan fingerprint density at radius 2 is 2.21 bits per heavy atom. The van der Waals surface area contributed by atoms with Gasteiger partial charge in [0.1, 0.15) is 5.75 Å². The molecule has 0 spiro atoms. The Bertz CT molecular complexity index is 538. The predicted octanol–water partition coefficient (Wildman–Crippen LogP) is 2.90. The molecule has 1 aromatic rings. The first-order valence-electron chi connectivity index (χ1n) is 6.04. The number of carbonyl (C=O) groups excluding carboxylic acids is 1. The number of hydrogen-bond acceptors (Lipinski definition) is 3.